The van der Waals surface area contributed by atoms with E-state index in [0.29, 0.717) is 12.2 Å². The minimum absolute atomic E-state index is 0.0313. The number of hydrogen-bond acceptors (Lipinski definition) is 3. The van der Waals surface area contributed by atoms with Crippen LogP contribution in [0.1, 0.15) is 30.3 Å². The molecule has 1 aliphatic heterocycles. The van der Waals surface area contributed by atoms with E-state index in [-0.39, 0.29) is 5.91 Å². The first-order chi connectivity index (χ1) is 10.8. The van der Waals surface area contributed by atoms with Gasteiger partial charge in [0.2, 0.25) is 0 Å². The number of rotatable bonds is 4. The van der Waals surface area contributed by atoms with Crippen LogP contribution in [-0.2, 0) is 0 Å². The van der Waals surface area contributed by atoms with Crippen LogP contribution in [0, 0.1) is 0 Å². The standard InChI is InChI=1S/C18H21N3O/c1-2-21(15-9-4-3-5-10-15)18(22)17-16(11-8-12-19-17)20-13-6-7-14-20/h3-5,8-12H,2,6-7,13-14H2,1H3. The molecule has 4 heteroatoms. The van der Waals surface area contributed by atoms with E-state index < -0.39 is 0 Å². The number of aromatic nitrogens is 1. The van der Waals surface area contributed by atoms with Crippen LogP contribution in [0.2, 0.25) is 0 Å². The van der Waals surface area contributed by atoms with E-state index in [1.807, 2.05) is 49.4 Å². The van der Waals surface area contributed by atoms with E-state index in [1.54, 1.807) is 11.1 Å². The first-order valence-electron chi connectivity index (χ1n) is 7.88. The molecule has 22 heavy (non-hydrogen) atoms. The zero-order chi connectivity index (χ0) is 15.4. The molecule has 114 valence electrons. The van der Waals surface area contributed by atoms with Gasteiger partial charge < -0.3 is 9.80 Å². The molecule has 1 aromatic carbocycles. The van der Waals surface area contributed by atoms with E-state index in [2.05, 4.69) is 9.88 Å². The van der Waals surface area contributed by atoms with Gasteiger partial charge in [-0.1, -0.05) is 18.2 Å². The maximum absolute atomic E-state index is 13.0. The van der Waals surface area contributed by atoms with Gasteiger partial charge in [-0.2, -0.15) is 0 Å². The minimum Gasteiger partial charge on any atom is -0.370 e. The molecule has 1 aliphatic rings. The highest BCUT2D eigenvalue weighted by atomic mass is 16.2. The summed E-state index contributed by atoms with van der Waals surface area (Å²) in [4.78, 5) is 21.4. The molecular formula is C18H21N3O. The van der Waals surface area contributed by atoms with Gasteiger partial charge in [0.05, 0.1) is 5.69 Å². The number of pyridine rings is 1. The predicted octanol–water partition coefficient (Wildman–Crippen LogP) is 3.35. The third-order valence-corrected chi connectivity index (χ3v) is 4.06. The van der Waals surface area contributed by atoms with Crippen LogP contribution in [0.4, 0.5) is 11.4 Å². The van der Waals surface area contributed by atoms with Crippen LogP contribution in [0.5, 0.6) is 0 Å². The lowest BCUT2D eigenvalue weighted by Crippen LogP contribution is -2.33. The Hall–Kier alpha value is -2.36. The lowest BCUT2D eigenvalue weighted by molar-refractivity contribution is 0.0984. The largest absolute Gasteiger partial charge is 0.370 e. The van der Waals surface area contributed by atoms with Crippen LogP contribution in [0.25, 0.3) is 0 Å². The third-order valence-electron chi connectivity index (χ3n) is 4.06. The minimum atomic E-state index is -0.0313. The Morgan fingerprint density at radius 2 is 1.86 bits per heavy atom. The molecule has 0 saturated carbocycles. The molecule has 1 aromatic heterocycles. The van der Waals surface area contributed by atoms with Crippen molar-refractivity contribution in [2.75, 3.05) is 29.4 Å². The topological polar surface area (TPSA) is 36.4 Å². The predicted molar refractivity (Wildman–Crippen MR) is 89.5 cm³/mol. The number of amides is 1. The molecule has 0 bridgehead atoms. The van der Waals surface area contributed by atoms with Crippen molar-refractivity contribution >= 4 is 17.3 Å². The zero-order valence-electron chi connectivity index (χ0n) is 12.9. The average molecular weight is 295 g/mol. The molecule has 4 nitrogen and oxygen atoms in total. The SMILES string of the molecule is CCN(C(=O)c1ncccc1N1CCCC1)c1ccccc1. The quantitative estimate of drug-likeness (QED) is 0.868. The molecule has 2 aromatic rings. The van der Waals surface area contributed by atoms with Crippen LogP contribution >= 0.6 is 0 Å². The second-order valence-electron chi connectivity index (χ2n) is 5.45. The van der Waals surface area contributed by atoms with Gasteiger partial charge in [-0.15, -0.1) is 0 Å². The number of hydrogen-bond donors (Lipinski definition) is 0. The molecular weight excluding hydrogens is 274 g/mol. The first-order valence-corrected chi connectivity index (χ1v) is 7.88. The summed E-state index contributed by atoms with van der Waals surface area (Å²) in [6, 6.07) is 13.7. The summed E-state index contributed by atoms with van der Waals surface area (Å²) in [7, 11) is 0. The Morgan fingerprint density at radius 3 is 2.55 bits per heavy atom. The molecule has 1 saturated heterocycles. The molecule has 1 fully saturated rings. The summed E-state index contributed by atoms with van der Waals surface area (Å²) in [6.07, 6.45) is 4.06. The Morgan fingerprint density at radius 1 is 1.14 bits per heavy atom. The van der Waals surface area contributed by atoms with E-state index >= 15 is 0 Å². The highest BCUT2D eigenvalue weighted by Gasteiger charge is 2.24. The summed E-state index contributed by atoms with van der Waals surface area (Å²) in [5, 5.41) is 0. The Bertz CT molecular complexity index is 636. The molecule has 1 amide bonds. The second-order valence-corrected chi connectivity index (χ2v) is 5.45. The lowest BCUT2D eigenvalue weighted by atomic mass is 10.2. The first kappa shape index (κ1) is 14.6. The summed E-state index contributed by atoms with van der Waals surface area (Å²) >= 11 is 0. The van der Waals surface area contributed by atoms with Crippen LogP contribution in [-0.4, -0.2) is 30.5 Å². The van der Waals surface area contributed by atoms with Gasteiger partial charge in [0, 0.05) is 31.5 Å². The third kappa shape index (κ3) is 2.82. The zero-order valence-corrected chi connectivity index (χ0v) is 12.9. The van der Waals surface area contributed by atoms with Gasteiger partial charge in [0.15, 0.2) is 5.69 Å². The Labute approximate surface area is 131 Å². The van der Waals surface area contributed by atoms with Crippen molar-refractivity contribution in [1.29, 1.82) is 0 Å². The fourth-order valence-electron chi connectivity index (χ4n) is 2.95. The van der Waals surface area contributed by atoms with Gasteiger partial charge in [0.25, 0.3) is 5.91 Å². The number of carbonyl (C=O) groups excluding carboxylic acids is 1. The van der Waals surface area contributed by atoms with E-state index in [4.69, 9.17) is 0 Å². The maximum atomic E-state index is 13.0. The maximum Gasteiger partial charge on any atom is 0.279 e. The Kier molecular flexibility index (Phi) is 4.37. The highest BCUT2D eigenvalue weighted by molar-refractivity contribution is 6.08. The van der Waals surface area contributed by atoms with Gasteiger partial charge in [-0.25, -0.2) is 4.98 Å². The van der Waals surface area contributed by atoms with Crippen molar-refractivity contribution < 1.29 is 4.79 Å². The summed E-state index contributed by atoms with van der Waals surface area (Å²) in [6.45, 7) is 4.62. The lowest BCUT2D eigenvalue weighted by Gasteiger charge is -2.25. The van der Waals surface area contributed by atoms with Crippen LogP contribution < -0.4 is 9.80 Å². The van der Waals surface area contributed by atoms with Crippen molar-refractivity contribution in [1.82, 2.24) is 4.98 Å². The summed E-state index contributed by atoms with van der Waals surface area (Å²) < 4.78 is 0. The molecule has 0 radical (unpaired) electrons. The number of anilines is 2. The van der Waals surface area contributed by atoms with Crippen molar-refractivity contribution in [3.63, 3.8) is 0 Å². The highest BCUT2D eigenvalue weighted by Crippen LogP contribution is 2.25. The number of carbonyl (C=O) groups is 1. The fourth-order valence-corrected chi connectivity index (χ4v) is 2.95. The molecule has 3 rings (SSSR count). The smallest absolute Gasteiger partial charge is 0.279 e. The van der Waals surface area contributed by atoms with Crippen molar-refractivity contribution in [2.45, 2.75) is 19.8 Å². The van der Waals surface area contributed by atoms with Gasteiger partial charge in [-0.05, 0) is 44.0 Å². The van der Waals surface area contributed by atoms with Crippen molar-refractivity contribution in [3.8, 4) is 0 Å². The van der Waals surface area contributed by atoms with E-state index in [0.717, 1.165) is 24.5 Å². The Balaban J connectivity index is 1.94. The van der Waals surface area contributed by atoms with E-state index in [1.165, 1.54) is 12.8 Å². The molecule has 0 unspecified atom stereocenters. The second kappa shape index (κ2) is 6.60. The number of benzene rings is 1. The summed E-state index contributed by atoms with van der Waals surface area (Å²) in [5.41, 5.74) is 2.42. The van der Waals surface area contributed by atoms with Gasteiger partial charge in [0.1, 0.15) is 0 Å². The molecule has 0 aliphatic carbocycles. The fraction of sp³-hybridized carbons (Fsp3) is 0.333. The van der Waals surface area contributed by atoms with Crippen molar-refractivity contribution in [2.24, 2.45) is 0 Å². The summed E-state index contributed by atoms with van der Waals surface area (Å²) in [5.74, 6) is -0.0313. The van der Waals surface area contributed by atoms with E-state index in [9.17, 15) is 4.79 Å². The monoisotopic (exact) mass is 295 g/mol. The molecule has 2 heterocycles. The van der Waals surface area contributed by atoms with Crippen molar-refractivity contribution in [3.05, 3.63) is 54.4 Å². The molecule has 0 spiro atoms. The average Bonchev–Trinajstić information content (AvgIpc) is 3.11. The van der Waals surface area contributed by atoms with Gasteiger partial charge >= 0.3 is 0 Å². The van der Waals surface area contributed by atoms with Crippen LogP contribution in [0.15, 0.2) is 48.7 Å². The molecule has 0 N–H and O–H groups in total. The molecule has 0 atom stereocenters. The van der Waals surface area contributed by atoms with Crippen LogP contribution in [0.3, 0.4) is 0 Å². The normalized spacial score (nSPS) is 14.1. The number of nitrogens with zero attached hydrogens (tertiary/aromatic N) is 3. The number of para-hydroxylation sites is 1. The van der Waals surface area contributed by atoms with Gasteiger partial charge in [-0.3, -0.25) is 4.79 Å².